The minimum absolute atomic E-state index is 0.525. The summed E-state index contributed by atoms with van der Waals surface area (Å²) in [6.07, 6.45) is 3.85. The van der Waals surface area contributed by atoms with E-state index in [-0.39, 0.29) is 0 Å². The monoisotopic (exact) mass is 892 g/mol. The Morgan fingerprint density at radius 1 is 0.309 bits per heavy atom. The van der Waals surface area contributed by atoms with Gasteiger partial charge in [0.25, 0.3) is 0 Å². The summed E-state index contributed by atoms with van der Waals surface area (Å²) in [6.45, 7) is 18.0. The van der Waals surface area contributed by atoms with Gasteiger partial charge in [0.05, 0.1) is 22.4 Å². The number of hydrogen-bond donors (Lipinski definition) is 0. The molecule has 0 unspecified atom stereocenters. The number of benzene rings is 7. The Labute approximate surface area is 400 Å². The molecule has 0 amide bonds. The quantitative estimate of drug-likeness (QED) is 0.108. The normalized spacial score (nSPS) is 12.0. The van der Waals surface area contributed by atoms with Crippen LogP contribution in [0.25, 0.3) is 101 Å². The van der Waals surface area contributed by atoms with Gasteiger partial charge in [0.15, 0.2) is 11.2 Å². The molecule has 0 saturated carbocycles. The van der Waals surface area contributed by atoms with E-state index in [9.17, 15) is 0 Å². The smallest absolute Gasteiger partial charge is 0.227 e. The fourth-order valence-electron chi connectivity index (χ4n) is 9.53. The summed E-state index contributed by atoms with van der Waals surface area (Å²) in [6, 6.07) is 51.4. The van der Waals surface area contributed by atoms with Crippen LogP contribution in [0, 0.1) is 23.7 Å². The van der Waals surface area contributed by atoms with E-state index in [2.05, 4.69) is 177 Å². The van der Waals surface area contributed by atoms with Gasteiger partial charge in [-0.1, -0.05) is 165 Å². The molecule has 0 atom stereocenters. The highest BCUT2D eigenvalue weighted by Crippen LogP contribution is 2.37. The summed E-state index contributed by atoms with van der Waals surface area (Å²) in [5.74, 6) is 3.44. The third-order valence-electron chi connectivity index (χ3n) is 12.7. The van der Waals surface area contributed by atoms with Crippen molar-refractivity contribution in [1.82, 2.24) is 19.9 Å². The van der Waals surface area contributed by atoms with Crippen molar-refractivity contribution in [3.8, 4) is 67.7 Å². The van der Waals surface area contributed by atoms with Crippen molar-refractivity contribution >= 4 is 33.2 Å². The van der Waals surface area contributed by atoms with Gasteiger partial charge < -0.3 is 8.83 Å². The Morgan fingerprint density at radius 3 is 0.912 bits per heavy atom. The topological polar surface area (TPSA) is 77.8 Å². The van der Waals surface area contributed by atoms with E-state index in [1.807, 2.05) is 24.3 Å². The minimum atomic E-state index is 0.525. The Hall–Kier alpha value is -7.18. The highest BCUT2D eigenvalue weighted by molar-refractivity contribution is 5.88. The molecule has 68 heavy (non-hydrogen) atoms. The first-order valence-electron chi connectivity index (χ1n) is 24.5. The summed E-state index contributed by atoms with van der Waals surface area (Å²) in [7, 11) is 0. The van der Waals surface area contributed by atoms with Crippen molar-refractivity contribution in [3.63, 3.8) is 0 Å². The number of rotatable bonds is 14. The van der Waals surface area contributed by atoms with E-state index < -0.39 is 0 Å². The Balaban J connectivity index is 0.907. The Kier molecular flexibility index (Phi) is 12.4. The van der Waals surface area contributed by atoms with Gasteiger partial charge in [0.1, 0.15) is 11.0 Å². The highest BCUT2D eigenvalue weighted by atomic mass is 16.4. The van der Waals surface area contributed by atoms with Crippen LogP contribution in [0.3, 0.4) is 0 Å². The van der Waals surface area contributed by atoms with Crippen molar-refractivity contribution in [2.24, 2.45) is 23.7 Å². The van der Waals surface area contributed by atoms with Crippen molar-refractivity contribution in [2.45, 2.75) is 81.1 Å². The van der Waals surface area contributed by atoms with Gasteiger partial charge in [-0.25, -0.2) is 19.9 Å². The molecule has 0 radical (unpaired) electrons. The molecule has 0 N–H and O–H groups in total. The summed E-state index contributed by atoms with van der Waals surface area (Å²) < 4.78 is 13.1. The second kappa shape index (κ2) is 18.8. The predicted molar refractivity (Wildman–Crippen MR) is 281 cm³/mol. The molecule has 6 nitrogen and oxygen atoms in total. The van der Waals surface area contributed by atoms with Crippen LogP contribution in [0.2, 0.25) is 0 Å². The lowest BCUT2D eigenvalue weighted by Gasteiger charge is -2.12. The number of oxazole rings is 2. The molecule has 3 aromatic heterocycles. The standard InChI is InChI=1S/C62H60N4O2/c1-37(2)33-49-29-31-51(35-39(5)6)59-57(49)65-61(67-59)47-25-17-43(18-26-47)41-13-21-45(22-14-41)55-56(64-54-12-10-9-11-53(54)63-55)46-23-15-42(16-24-46)44-19-27-48(28-20-44)62-66-58-50(34-38(3)4)30-32-52(36-40(7)8)60(58)68-62/h9-32,37-40H,33-36H2,1-8H3. The second-order valence-electron chi connectivity index (χ2n) is 20.3. The molecule has 6 heteroatoms. The van der Waals surface area contributed by atoms with Crippen molar-refractivity contribution in [3.05, 3.63) is 168 Å². The second-order valence-corrected chi connectivity index (χ2v) is 20.3. The number of hydrogen-bond acceptors (Lipinski definition) is 6. The van der Waals surface area contributed by atoms with Crippen LogP contribution in [0.4, 0.5) is 0 Å². The minimum Gasteiger partial charge on any atom is -0.436 e. The van der Waals surface area contributed by atoms with Crippen LogP contribution < -0.4 is 0 Å². The summed E-state index contributed by atoms with van der Waals surface area (Å²) in [5.41, 5.74) is 20.6. The lowest BCUT2D eigenvalue weighted by molar-refractivity contribution is 0.598. The molecule has 0 aliphatic carbocycles. The molecule has 3 heterocycles. The predicted octanol–water partition coefficient (Wildman–Crippen LogP) is 16.7. The van der Waals surface area contributed by atoms with Crippen LogP contribution in [-0.4, -0.2) is 19.9 Å². The molecule has 0 aliphatic rings. The van der Waals surface area contributed by atoms with Gasteiger partial charge in [-0.2, -0.15) is 0 Å². The molecular weight excluding hydrogens is 833 g/mol. The van der Waals surface area contributed by atoms with Crippen LogP contribution in [0.5, 0.6) is 0 Å². The van der Waals surface area contributed by atoms with Gasteiger partial charge >= 0.3 is 0 Å². The Morgan fingerprint density at radius 2 is 0.588 bits per heavy atom. The zero-order chi connectivity index (χ0) is 47.1. The van der Waals surface area contributed by atoms with Crippen LogP contribution in [0.1, 0.15) is 77.6 Å². The average Bonchev–Trinajstić information content (AvgIpc) is 4.00. The average molecular weight is 893 g/mol. The van der Waals surface area contributed by atoms with E-state index in [0.29, 0.717) is 35.5 Å². The Bertz CT molecular complexity index is 3050. The zero-order valence-corrected chi connectivity index (χ0v) is 40.6. The van der Waals surface area contributed by atoms with Crippen molar-refractivity contribution < 1.29 is 8.83 Å². The van der Waals surface area contributed by atoms with Crippen molar-refractivity contribution in [1.29, 1.82) is 0 Å². The van der Waals surface area contributed by atoms with E-state index in [4.69, 9.17) is 28.8 Å². The van der Waals surface area contributed by atoms with Gasteiger partial charge in [0.2, 0.25) is 11.8 Å². The summed E-state index contributed by atoms with van der Waals surface area (Å²) in [5, 5.41) is 0. The molecule has 0 aliphatic heterocycles. The highest BCUT2D eigenvalue weighted by Gasteiger charge is 2.20. The molecule has 340 valence electrons. The molecule has 10 aromatic rings. The molecule has 0 bridgehead atoms. The molecule has 10 rings (SSSR count). The lowest BCUT2D eigenvalue weighted by atomic mass is 9.96. The first-order chi connectivity index (χ1) is 32.9. The third-order valence-corrected chi connectivity index (χ3v) is 12.7. The number of para-hydroxylation sites is 2. The maximum atomic E-state index is 6.55. The summed E-state index contributed by atoms with van der Waals surface area (Å²) >= 11 is 0. The molecular formula is C62H60N4O2. The van der Waals surface area contributed by atoms with E-state index in [1.54, 1.807) is 0 Å². The zero-order valence-electron chi connectivity index (χ0n) is 40.6. The van der Waals surface area contributed by atoms with Gasteiger partial charge in [-0.3, -0.25) is 0 Å². The van der Waals surface area contributed by atoms with Crippen LogP contribution in [-0.2, 0) is 25.7 Å². The van der Waals surface area contributed by atoms with Gasteiger partial charge in [-0.05, 0) is 130 Å². The van der Waals surface area contributed by atoms with Crippen molar-refractivity contribution in [2.75, 3.05) is 0 Å². The third kappa shape index (κ3) is 9.25. The summed E-state index contributed by atoms with van der Waals surface area (Å²) in [4.78, 5) is 20.6. The van der Waals surface area contributed by atoms with E-state index in [1.165, 1.54) is 22.3 Å². The van der Waals surface area contributed by atoms with E-state index in [0.717, 1.165) is 115 Å². The van der Waals surface area contributed by atoms with Crippen LogP contribution >= 0.6 is 0 Å². The molecule has 0 fully saturated rings. The first-order valence-corrected chi connectivity index (χ1v) is 24.5. The maximum absolute atomic E-state index is 6.55. The first kappa shape index (κ1) is 44.6. The lowest BCUT2D eigenvalue weighted by Crippen LogP contribution is -1.99. The number of nitrogens with zero attached hydrogens (tertiary/aromatic N) is 4. The number of aromatic nitrogens is 4. The fraction of sp³-hybridized carbons (Fsp3) is 0.258. The maximum Gasteiger partial charge on any atom is 0.227 e. The van der Waals surface area contributed by atoms with Gasteiger partial charge in [-0.15, -0.1) is 0 Å². The largest absolute Gasteiger partial charge is 0.436 e. The van der Waals surface area contributed by atoms with E-state index >= 15 is 0 Å². The molecule has 0 saturated heterocycles. The SMILES string of the molecule is CC(C)Cc1ccc(CC(C)C)c2oc(-c3ccc(-c4ccc(-c5nc6ccccc6nc5-c5ccc(-c6ccc(-c7nc8c(CC(C)C)ccc(CC(C)C)c8o7)cc6)cc5)cc4)cc3)nc12. The van der Waals surface area contributed by atoms with Crippen LogP contribution in [0.15, 0.2) is 154 Å². The van der Waals surface area contributed by atoms with Gasteiger partial charge in [0, 0.05) is 22.3 Å². The molecule has 0 spiro atoms. The number of fused-ring (bicyclic) bond motifs is 3. The fourth-order valence-corrected chi connectivity index (χ4v) is 9.53. The molecule has 7 aromatic carbocycles.